The number of imide groups is 1. The number of rotatable bonds is 4. The molecule has 3 amide bonds. The zero-order valence-electron chi connectivity index (χ0n) is 11.4. The van der Waals surface area contributed by atoms with Gasteiger partial charge in [-0.2, -0.15) is 0 Å². The Morgan fingerprint density at radius 2 is 1.88 bits per heavy atom. The first-order valence-electron chi connectivity index (χ1n) is 6.03. The molecule has 5 nitrogen and oxygen atoms in total. The molecule has 0 atom stereocenters. The number of amides is 3. The molecule has 0 aliphatic carbocycles. The van der Waals surface area contributed by atoms with Crippen LogP contribution in [0.3, 0.4) is 0 Å². The van der Waals surface area contributed by atoms with Gasteiger partial charge >= 0.3 is 6.03 Å². The average Bonchev–Trinajstić information content (AvgIpc) is 2.31. The van der Waals surface area contributed by atoms with E-state index in [1.165, 1.54) is 4.90 Å². The van der Waals surface area contributed by atoms with Crippen molar-refractivity contribution in [3.63, 3.8) is 0 Å². The Kier molecular flexibility index (Phi) is 3.81. The van der Waals surface area contributed by atoms with Crippen LogP contribution in [0.25, 0.3) is 0 Å². The number of hydrogen-bond acceptors (Lipinski definition) is 3. The monoisotopic (exact) mass is 241 g/mol. The minimum absolute atomic E-state index is 0.0660. The van der Waals surface area contributed by atoms with Crippen LogP contribution in [0.15, 0.2) is 0 Å². The minimum Gasteiger partial charge on any atom is -0.324 e. The van der Waals surface area contributed by atoms with Crippen molar-refractivity contribution in [1.82, 2.24) is 15.5 Å². The lowest BCUT2D eigenvalue weighted by Gasteiger charge is -2.21. The highest BCUT2D eigenvalue weighted by Crippen LogP contribution is 2.16. The molecule has 0 radical (unpaired) electrons. The highest BCUT2D eigenvalue weighted by atomic mass is 16.2. The summed E-state index contributed by atoms with van der Waals surface area (Å²) in [6.45, 7) is 11.0. The second-order valence-corrected chi connectivity index (χ2v) is 6.04. The molecule has 1 aliphatic rings. The minimum atomic E-state index is -0.755. The quantitative estimate of drug-likeness (QED) is 0.572. The molecule has 1 aliphatic heterocycles. The summed E-state index contributed by atoms with van der Waals surface area (Å²) in [7, 11) is 0. The number of nitrogens with one attached hydrogen (secondary N) is 2. The lowest BCUT2D eigenvalue weighted by molar-refractivity contribution is -0.130. The summed E-state index contributed by atoms with van der Waals surface area (Å²) in [5.41, 5.74) is -0.689. The van der Waals surface area contributed by atoms with Crippen LogP contribution >= 0.6 is 0 Å². The second-order valence-electron chi connectivity index (χ2n) is 6.04. The van der Waals surface area contributed by atoms with Crippen molar-refractivity contribution in [3.05, 3.63) is 0 Å². The second kappa shape index (κ2) is 4.64. The van der Waals surface area contributed by atoms with E-state index >= 15 is 0 Å². The largest absolute Gasteiger partial charge is 0.325 e. The molecule has 1 fully saturated rings. The highest BCUT2D eigenvalue weighted by molar-refractivity contribution is 6.06. The molecule has 5 heteroatoms. The topological polar surface area (TPSA) is 61.4 Å². The standard InChI is InChI=1S/C12H23N3O2/c1-11(2,3)13-7-6-8-15-9(16)12(4,5)14-10(15)17/h13H,6-8H2,1-5H3,(H,14,17). The summed E-state index contributed by atoms with van der Waals surface area (Å²) in [6.07, 6.45) is 0.770. The van der Waals surface area contributed by atoms with E-state index in [0.29, 0.717) is 6.54 Å². The maximum absolute atomic E-state index is 11.9. The molecule has 1 rings (SSSR count). The van der Waals surface area contributed by atoms with Crippen molar-refractivity contribution in [1.29, 1.82) is 0 Å². The molecule has 1 heterocycles. The van der Waals surface area contributed by atoms with Crippen molar-refractivity contribution in [2.24, 2.45) is 0 Å². The van der Waals surface area contributed by atoms with E-state index in [9.17, 15) is 9.59 Å². The van der Waals surface area contributed by atoms with Crippen LogP contribution in [0.4, 0.5) is 4.79 Å². The summed E-state index contributed by atoms with van der Waals surface area (Å²) in [5.74, 6) is -0.141. The van der Waals surface area contributed by atoms with Crippen LogP contribution < -0.4 is 10.6 Å². The number of carbonyl (C=O) groups excluding carboxylic acids is 2. The first-order valence-corrected chi connectivity index (χ1v) is 6.03. The molecule has 0 unspecified atom stereocenters. The van der Waals surface area contributed by atoms with E-state index in [4.69, 9.17) is 0 Å². The number of hydrogen-bond donors (Lipinski definition) is 2. The predicted octanol–water partition coefficient (Wildman–Crippen LogP) is 1.09. The number of nitrogens with zero attached hydrogens (tertiary/aromatic N) is 1. The zero-order valence-corrected chi connectivity index (χ0v) is 11.4. The van der Waals surface area contributed by atoms with Gasteiger partial charge in [0.05, 0.1) is 0 Å². The van der Waals surface area contributed by atoms with Crippen molar-refractivity contribution < 1.29 is 9.59 Å². The SMILES string of the molecule is CC(C)(C)NCCCN1C(=O)NC(C)(C)C1=O. The Balaban J connectivity index is 2.38. The lowest BCUT2D eigenvalue weighted by Crippen LogP contribution is -2.41. The zero-order chi connectivity index (χ0) is 13.3. The fourth-order valence-electron chi connectivity index (χ4n) is 1.72. The number of urea groups is 1. The van der Waals surface area contributed by atoms with Gasteiger partial charge in [0.15, 0.2) is 0 Å². The normalized spacial score (nSPS) is 19.7. The summed E-state index contributed by atoms with van der Waals surface area (Å²) in [5, 5.41) is 5.99. The molecule has 17 heavy (non-hydrogen) atoms. The molecular formula is C12H23N3O2. The van der Waals surface area contributed by atoms with Gasteiger partial charge in [0.25, 0.3) is 5.91 Å². The van der Waals surface area contributed by atoms with Crippen molar-refractivity contribution >= 4 is 11.9 Å². The van der Waals surface area contributed by atoms with Gasteiger partial charge in [-0.05, 0) is 47.6 Å². The van der Waals surface area contributed by atoms with Crippen LogP contribution in [-0.2, 0) is 4.79 Å². The first kappa shape index (κ1) is 14.0. The number of carbonyl (C=O) groups is 2. The third-order valence-electron chi connectivity index (χ3n) is 2.66. The molecule has 0 saturated carbocycles. The molecular weight excluding hydrogens is 218 g/mol. The fraction of sp³-hybridized carbons (Fsp3) is 0.833. The van der Waals surface area contributed by atoms with Crippen molar-refractivity contribution in [2.75, 3.05) is 13.1 Å². The maximum Gasteiger partial charge on any atom is 0.325 e. The van der Waals surface area contributed by atoms with Crippen LogP contribution in [0, 0.1) is 0 Å². The molecule has 98 valence electrons. The Morgan fingerprint density at radius 3 is 2.29 bits per heavy atom. The molecule has 0 aromatic heterocycles. The third-order valence-corrected chi connectivity index (χ3v) is 2.66. The van der Waals surface area contributed by atoms with E-state index in [2.05, 4.69) is 31.4 Å². The summed E-state index contributed by atoms with van der Waals surface area (Å²) in [4.78, 5) is 24.7. The van der Waals surface area contributed by atoms with Gasteiger partial charge in [-0.3, -0.25) is 9.69 Å². The molecule has 0 spiro atoms. The first-order chi connectivity index (χ1) is 7.63. The van der Waals surface area contributed by atoms with Gasteiger partial charge in [0.1, 0.15) is 5.54 Å². The van der Waals surface area contributed by atoms with Crippen molar-refractivity contribution in [3.8, 4) is 0 Å². The van der Waals surface area contributed by atoms with Gasteiger partial charge < -0.3 is 10.6 Å². The van der Waals surface area contributed by atoms with E-state index < -0.39 is 5.54 Å². The van der Waals surface area contributed by atoms with Crippen LogP contribution in [0.2, 0.25) is 0 Å². The molecule has 0 aromatic rings. The molecule has 0 aromatic carbocycles. The fourth-order valence-corrected chi connectivity index (χ4v) is 1.72. The molecule has 2 N–H and O–H groups in total. The highest BCUT2D eigenvalue weighted by Gasteiger charge is 2.43. The lowest BCUT2D eigenvalue weighted by atomic mass is 10.1. The van der Waals surface area contributed by atoms with E-state index in [1.807, 2.05) is 0 Å². The average molecular weight is 241 g/mol. The summed E-state index contributed by atoms with van der Waals surface area (Å²) in [6, 6.07) is -0.282. The van der Waals surface area contributed by atoms with Gasteiger partial charge in [-0.15, -0.1) is 0 Å². The van der Waals surface area contributed by atoms with E-state index in [0.717, 1.165) is 13.0 Å². The third kappa shape index (κ3) is 3.70. The van der Waals surface area contributed by atoms with Crippen LogP contribution in [0.5, 0.6) is 0 Å². The Bertz CT molecular complexity index is 318. The summed E-state index contributed by atoms with van der Waals surface area (Å²) >= 11 is 0. The predicted molar refractivity (Wildman–Crippen MR) is 66.7 cm³/mol. The maximum atomic E-state index is 11.9. The van der Waals surface area contributed by atoms with Gasteiger partial charge in [-0.1, -0.05) is 0 Å². The Morgan fingerprint density at radius 1 is 1.29 bits per heavy atom. The van der Waals surface area contributed by atoms with Crippen LogP contribution in [-0.4, -0.2) is 41.0 Å². The van der Waals surface area contributed by atoms with E-state index in [1.54, 1.807) is 13.8 Å². The van der Waals surface area contributed by atoms with Gasteiger partial charge in [-0.25, -0.2) is 4.79 Å². The smallest absolute Gasteiger partial charge is 0.324 e. The Hall–Kier alpha value is -1.10. The summed E-state index contributed by atoms with van der Waals surface area (Å²) < 4.78 is 0. The molecule has 1 saturated heterocycles. The van der Waals surface area contributed by atoms with Crippen LogP contribution in [0.1, 0.15) is 41.0 Å². The van der Waals surface area contributed by atoms with E-state index in [-0.39, 0.29) is 17.5 Å². The molecule has 0 bridgehead atoms. The van der Waals surface area contributed by atoms with Gasteiger partial charge in [0, 0.05) is 12.1 Å². The van der Waals surface area contributed by atoms with Crippen molar-refractivity contribution in [2.45, 2.75) is 52.1 Å². The van der Waals surface area contributed by atoms with Gasteiger partial charge in [0.2, 0.25) is 0 Å². The Labute approximate surface area is 103 Å².